The SMILES string of the molecule is CCCCCCCCCC/C=C\CCCCCCCCCCCCCCCCCCCC(=O)NC(CO)C(O)/C=C/CC/C=C/CC/C=C/CCCCCCCCCCCCCCCCCCCCC. The number of rotatable bonds is 59. The molecule has 3 N–H and O–H groups in total. The van der Waals surface area contributed by atoms with E-state index < -0.39 is 12.1 Å². The number of aliphatic hydroxyl groups excluding tert-OH is 2. The van der Waals surface area contributed by atoms with Crippen LogP contribution in [0.1, 0.15) is 348 Å². The van der Waals surface area contributed by atoms with Crippen LogP contribution in [0.15, 0.2) is 48.6 Å². The molecule has 0 aromatic heterocycles. The van der Waals surface area contributed by atoms with E-state index in [2.05, 4.69) is 55.6 Å². The van der Waals surface area contributed by atoms with E-state index in [1.54, 1.807) is 6.08 Å². The van der Waals surface area contributed by atoms with Gasteiger partial charge in [0.25, 0.3) is 0 Å². The van der Waals surface area contributed by atoms with Gasteiger partial charge in [-0.05, 0) is 70.6 Å². The summed E-state index contributed by atoms with van der Waals surface area (Å²) in [4.78, 5) is 12.5. The minimum Gasteiger partial charge on any atom is -0.394 e. The predicted molar refractivity (Wildman–Crippen MR) is 313 cm³/mol. The molecule has 0 saturated carbocycles. The summed E-state index contributed by atoms with van der Waals surface area (Å²) in [6.07, 6.45) is 86.0. The molecule has 0 rings (SSSR count). The second kappa shape index (κ2) is 61.6. The average Bonchev–Trinajstić information content (AvgIpc) is 3.36. The lowest BCUT2D eigenvalue weighted by Gasteiger charge is -2.19. The van der Waals surface area contributed by atoms with E-state index >= 15 is 0 Å². The number of carbonyl (C=O) groups excluding carboxylic acids is 1. The lowest BCUT2D eigenvalue weighted by molar-refractivity contribution is -0.123. The summed E-state index contributed by atoms with van der Waals surface area (Å²) in [5, 5.41) is 23.2. The summed E-state index contributed by atoms with van der Waals surface area (Å²) < 4.78 is 0. The molecule has 4 nitrogen and oxygen atoms in total. The van der Waals surface area contributed by atoms with Crippen LogP contribution in [0.3, 0.4) is 0 Å². The highest BCUT2D eigenvalue weighted by atomic mass is 16.3. The monoisotopic (exact) mass is 980 g/mol. The first-order chi connectivity index (χ1) is 34.7. The molecule has 0 radical (unpaired) electrons. The normalized spacial score (nSPS) is 13.0. The number of aliphatic hydroxyl groups is 2. The predicted octanol–water partition coefficient (Wildman–Crippen LogP) is 21.4. The van der Waals surface area contributed by atoms with Crippen LogP contribution in [-0.4, -0.2) is 34.9 Å². The summed E-state index contributed by atoms with van der Waals surface area (Å²) in [7, 11) is 0. The molecule has 2 atom stereocenters. The molecule has 0 saturated heterocycles. The molecule has 0 heterocycles. The van der Waals surface area contributed by atoms with Gasteiger partial charge in [0.1, 0.15) is 0 Å². The van der Waals surface area contributed by atoms with E-state index in [-0.39, 0.29) is 12.5 Å². The van der Waals surface area contributed by atoms with Gasteiger partial charge in [0.2, 0.25) is 5.91 Å². The quantitative estimate of drug-likeness (QED) is 0.0420. The fourth-order valence-electron chi connectivity index (χ4n) is 9.92. The van der Waals surface area contributed by atoms with E-state index in [9.17, 15) is 15.0 Å². The molecule has 0 aliphatic carbocycles. The Bertz CT molecular complexity index is 1110. The van der Waals surface area contributed by atoms with Crippen molar-refractivity contribution in [3.63, 3.8) is 0 Å². The zero-order valence-corrected chi connectivity index (χ0v) is 47.6. The van der Waals surface area contributed by atoms with Crippen LogP contribution in [-0.2, 0) is 4.79 Å². The Morgan fingerprint density at radius 2 is 0.557 bits per heavy atom. The van der Waals surface area contributed by atoms with Crippen LogP contribution in [0.25, 0.3) is 0 Å². The summed E-state index contributed by atoms with van der Waals surface area (Å²) in [6, 6.07) is -0.647. The topological polar surface area (TPSA) is 69.6 Å². The molecule has 0 aromatic rings. The van der Waals surface area contributed by atoms with E-state index in [0.29, 0.717) is 6.42 Å². The maximum atomic E-state index is 12.5. The van der Waals surface area contributed by atoms with Gasteiger partial charge in [-0.3, -0.25) is 4.79 Å². The standard InChI is InChI=1S/C66H125NO3/c1-3-5-7-9-11-13-15-17-19-21-23-25-27-29-31-33-35-37-39-41-43-45-47-49-51-53-55-57-59-61-65(69)64(63-68)67-66(70)62-60-58-56-54-52-50-48-46-44-42-40-38-36-34-32-30-28-26-24-22-20-18-16-14-12-10-8-6-4-2/h22,24,43,45,51,53,59,61,64-65,68-69H,3-21,23,25-42,44,46-50,52,54-58,60,62-63H2,1-2H3,(H,67,70)/b24-22-,45-43+,53-51+,61-59+. The average molecular weight is 981 g/mol. The number of carbonyl (C=O) groups is 1. The molecular formula is C66H125NO3. The summed E-state index contributed by atoms with van der Waals surface area (Å²) >= 11 is 0. The Hall–Kier alpha value is -1.65. The van der Waals surface area contributed by atoms with Crippen LogP contribution in [0.5, 0.6) is 0 Å². The van der Waals surface area contributed by atoms with E-state index in [4.69, 9.17) is 0 Å². The summed E-state index contributed by atoms with van der Waals surface area (Å²) in [6.45, 7) is 4.33. The van der Waals surface area contributed by atoms with Crippen molar-refractivity contribution in [1.29, 1.82) is 0 Å². The van der Waals surface area contributed by atoms with Crippen LogP contribution in [0, 0.1) is 0 Å². The van der Waals surface area contributed by atoms with Gasteiger partial charge in [0, 0.05) is 6.42 Å². The lowest BCUT2D eigenvalue weighted by atomic mass is 10.0. The van der Waals surface area contributed by atoms with Crippen molar-refractivity contribution in [3.05, 3.63) is 48.6 Å². The highest BCUT2D eigenvalue weighted by Gasteiger charge is 2.18. The van der Waals surface area contributed by atoms with Crippen molar-refractivity contribution < 1.29 is 15.0 Å². The lowest BCUT2D eigenvalue weighted by Crippen LogP contribution is -2.45. The first-order valence-electron chi connectivity index (χ1n) is 31.9. The van der Waals surface area contributed by atoms with Gasteiger partial charge in [-0.2, -0.15) is 0 Å². The van der Waals surface area contributed by atoms with Crippen LogP contribution in [0.4, 0.5) is 0 Å². The van der Waals surface area contributed by atoms with Crippen LogP contribution < -0.4 is 5.32 Å². The van der Waals surface area contributed by atoms with Crippen molar-refractivity contribution in [2.24, 2.45) is 0 Å². The van der Waals surface area contributed by atoms with E-state index in [0.717, 1.165) is 38.5 Å². The van der Waals surface area contributed by atoms with Gasteiger partial charge in [0.05, 0.1) is 18.8 Å². The van der Waals surface area contributed by atoms with Crippen LogP contribution in [0.2, 0.25) is 0 Å². The highest BCUT2D eigenvalue weighted by molar-refractivity contribution is 5.76. The molecule has 412 valence electrons. The summed E-state index contributed by atoms with van der Waals surface area (Å²) in [5.41, 5.74) is 0. The van der Waals surface area contributed by atoms with Crippen molar-refractivity contribution in [1.82, 2.24) is 5.32 Å². The maximum absolute atomic E-state index is 12.5. The van der Waals surface area contributed by atoms with E-state index in [1.807, 2.05) is 6.08 Å². The first kappa shape index (κ1) is 68.4. The van der Waals surface area contributed by atoms with Gasteiger partial charge in [0.15, 0.2) is 0 Å². The molecule has 0 spiro atoms. The fourth-order valence-corrected chi connectivity index (χ4v) is 9.92. The highest BCUT2D eigenvalue weighted by Crippen LogP contribution is 2.18. The van der Waals surface area contributed by atoms with Crippen molar-refractivity contribution >= 4 is 5.91 Å². The third-order valence-corrected chi connectivity index (χ3v) is 14.8. The Labute approximate surface area is 439 Å². The minimum absolute atomic E-state index is 0.0725. The third-order valence-electron chi connectivity index (χ3n) is 14.8. The van der Waals surface area contributed by atoms with Gasteiger partial charge in [-0.1, -0.05) is 319 Å². The molecule has 0 aromatic carbocycles. The smallest absolute Gasteiger partial charge is 0.220 e. The van der Waals surface area contributed by atoms with Gasteiger partial charge >= 0.3 is 0 Å². The second-order valence-corrected chi connectivity index (χ2v) is 21.8. The molecule has 0 bridgehead atoms. The Morgan fingerprint density at radius 1 is 0.329 bits per heavy atom. The molecule has 0 aliphatic rings. The van der Waals surface area contributed by atoms with E-state index in [1.165, 1.54) is 289 Å². The Kier molecular flexibility index (Phi) is 60.2. The van der Waals surface area contributed by atoms with Crippen LogP contribution >= 0.6 is 0 Å². The molecule has 0 fully saturated rings. The molecule has 0 aliphatic heterocycles. The molecule has 4 heteroatoms. The number of hydrogen-bond donors (Lipinski definition) is 3. The number of amides is 1. The zero-order chi connectivity index (χ0) is 50.6. The zero-order valence-electron chi connectivity index (χ0n) is 47.6. The fraction of sp³-hybridized carbons (Fsp3) is 0.864. The van der Waals surface area contributed by atoms with Gasteiger partial charge in [-0.15, -0.1) is 0 Å². The number of nitrogens with one attached hydrogen (secondary N) is 1. The number of hydrogen-bond acceptors (Lipinski definition) is 3. The van der Waals surface area contributed by atoms with Crippen molar-refractivity contribution in [3.8, 4) is 0 Å². The Balaban J connectivity index is 3.50. The van der Waals surface area contributed by atoms with Crippen molar-refractivity contribution in [2.75, 3.05) is 6.61 Å². The molecular weight excluding hydrogens is 855 g/mol. The molecule has 70 heavy (non-hydrogen) atoms. The number of allylic oxidation sites excluding steroid dienone is 7. The largest absolute Gasteiger partial charge is 0.394 e. The Morgan fingerprint density at radius 3 is 0.829 bits per heavy atom. The second-order valence-electron chi connectivity index (χ2n) is 21.8. The summed E-state index contributed by atoms with van der Waals surface area (Å²) in [5.74, 6) is -0.0725. The van der Waals surface area contributed by atoms with Gasteiger partial charge in [-0.25, -0.2) is 0 Å². The molecule has 1 amide bonds. The minimum atomic E-state index is -0.872. The molecule has 2 unspecified atom stereocenters. The van der Waals surface area contributed by atoms with Crippen molar-refractivity contribution in [2.45, 2.75) is 360 Å². The third kappa shape index (κ3) is 57.3. The maximum Gasteiger partial charge on any atom is 0.220 e. The number of unbranched alkanes of at least 4 members (excludes halogenated alkanes) is 46. The van der Waals surface area contributed by atoms with Gasteiger partial charge < -0.3 is 15.5 Å². The first-order valence-corrected chi connectivity index (χ1v) is 31.9.